The van der Waals surface area contributed by atoms with Gasteiger partial charge < -0.3 is 14.2 Å². The molecule has 2 fully saturated rings. The van der Waals surface area contributed by atoms with Crippen molar-refractivity contribution in [1.82, 2.24) is 0 Å². The van der Waals surface area contributed by atoms with Gasteiger partial charge in [0.25, 0.3) is 0 Å². The van der Waals surface area contributed by atoms with Gasteiger partial charge in [0.15, 0.2) is 5.79 Å². The minimum Gasteiger partial charge on any atom is -0.381 e. The van der Waals surface area contributed by atoms with Gasteiger partial charge in [0.1, 0.15) is 0 Å². The zero-order valence-corrected chi connectivity index (χ0v) is 8.25. The fourth-order valence-corrected chi connectivity index (χ4v) is 2.27. The molecule has 1 heterocycles. The van der Waals surface area contributed by atoms with Crippen molar-refractivity contribution < 1.29 is 14.2 Å². The van der Waals surface area contributed by atoms with E-state index in [1.54, 1.807) is 7.11 Å². The van der Waals surface area contributed by atoms with Crippen LogP contribution in [0.4, 0.5) is 0 Å². The largest absolute Gasteiger partial charge is 0.381 e. The molecule has 76 valence electrons. The lowest BCUT2D eigenvalue weighted by Gasteiger charge is -2.25. The van der Waals surface area contributed by atoms with E-state index in [1.807, 2.05) is 0 Å². The first kappa shape index (κ1) is 9.44. The Labute approximate surface area is 79.4 Å². The van der Waals surface area contributed by atoms with Crippen molar-refractivity contribution in [2.45, 2.75) is 44.0 Å². The zero-order valence-electron chi connectivity index (χ0n) is 8.25. The molecule has 1 unspecified atom stereocenters. The van der Waals surface area contributed by atoms with Gasteiger partial charge in [0.05, 0.1) is 19.3 Å². The van der Waals surface area contributed by atoms with Crippen LogP contribution in [0, 0.1) is 0 Å². The van der Waals surface area contributed by atoms with Gasteiger partial charge in [-0.15, -0.1) is 0 Å². The predicted octanol–water partition coefficient (Wildman–Crippen LogP) is 1.71. The molecule has 1 saturated carbocycles. The van der Waals surface area contributed by atoms with Gasteiger partial charge in [-0.05, 0) is 19.3 Å². The normalized spacial score (nSPS) is 33.5. The minimum atomic E-state index is -0.243. The SMILES string of the molecule is COC1CCCC2(CC1)OCCO2. The van der Waals surface area contributed by atoms with Gasteiger partial charge in [-0.1, -0.05) is 0 Å². The van der Waals surface area contributed by atoms with Gasteiger partial charge in [-0.2, -0.15) is 0 Å². The summed E-state index contributed by atoms with van der Waals surface area (Å²) in [4.78, 5) is 0. The second-order valence-corrected chi connectivity index (χ2v) is 3.90. The van der Waals surface area contributed by atoms with Crippen LogP contribution in [0.2, 0.25) is 0 Å². The van der Waals surface area contributed by atoms with Crippen molar-refractivity contribution in [2.24, 2.45) is 0 Å². The molecule has 1 aliphatic heterocycles. The van der Waals surface area contributed by atoms with Crippen LogP contribution in [-0.4, -0.2) is 32.2 Å². The highest BCUT2D eigenvalue weighted by Crippen LogP contribution is 2.35. The van der Waals surface area contributed by atoms with E-state index < -0.39 is 0 Å². The lowest BCUT2D eigenvalue weighted by molar-refractivity contribution is -0.166. The predicted molar refractivity (Wildman–Crippen MR) is 48.5 cm³/mol. The number of rotatable bonds is 1. The first-order chi connectivity index (χ1) is 6.35. The molecule has 0 aromatic heterocycles. The molecule has 3 heteroatoms. The van der Waals surface area contributed by atoms with E-state index in [-0.39, 0.29) is 5.79 Å². The Morgan fingerprint density at radius 2 is 1.92 bits per heavy atom. The summed E-state index contributed by atoms with van der Waals surface area (Å²) in [5.41, 5.74) is 0. The third-order valence-corrected chi connectivity index (χ3v) is 3.08. The molecule has 1 aliphatic carbocycles. The summed E-state index contributed by atoms with van der Waals surface area (Å²) in [7, 11) is 1.79. The van der Waals surface area contributed by atoms with Crippen molar-refractivity contribution in [3.63, 3.8) is 0 Å². The van der Waals surface area contributed by atoms with E-state index in [4.69, 9.17) is 14.2 Å². The Balaban J connectivity index is 1.93. The standard InChI is InChI=1S/C10H18O3/c1-11-9-3-2-5-10(6-4-9)12-7-8-13-10/h9H,2-8H2,1H3. The lowest BCUT2D eigenvalue weighted by atomic mass is 10.1. The van der Waals surface area contributed by atoms with E-state index in [9.17, 15) is 0 Å². The van der Waals surface area contributed by atoms with Gasteiger partial charge in [0.2, 0.25) is 0 Å². The molecule has 0 N–H and O–H groups in total. The summed E-state index contributed by atoms with van der Waals surface area (Å²) < 4.78 is 16.7. The molecule has 0 amide bonds. The van der Waals surface area contributed by atoms with Crippen molar-refractivity contribution in [1.29, 1.82) is 0 Å². The van der Waals surface area contributed by atoms with Gasteiger partial charge in [-0.3, -0.25) is 0 Å². The highest BCUT2D eigenvalue weighted by molar-refractivity contribution is 4.80. The van der Waals surface area contributed by atoms with Crippen LogP contribution >= 0.6 is 0 Å². The first-order valence-electron chi connectivity index (χ1n) is 5.15. The Morgan fingerprint density at radius 3 is 2.62 bits per heavy atom. The molecule has 0 aromatic carbocycles. The molecule has 1 spiro atoms. The molecule has 1 saturated heterocycles. The fraction of sp³-hybridized carbons (Fsp3) is 1.00. The number of hydrogen-bond acceptors (Lipinski definition) is 3. The average Bonchev–Trinajstić information content (AvgIpc) is 2.49. The monoisotopic (exact) mass is 186 g/mol. The summed E-state index contributed by atoms with van der Waals surface area (Å²) >= 11 is 0. The minimum absolute atomic E-state index is 0.243. The summed E-state index contributed by atoms with van der Waals surface area (Å²) in [6, 6.07) is 0. The summed E-state index contributed by atoms with van der Waals surface area (Å²) in [5, 5.41) is 0. The molecule has 1 atom stereocenters. The van der Waals surface area contributed by atoms with E-state index >= 15 is 0 Å². The number of methoxy groups -OCH3 is 1. The number of hydrogen-bond donors (Lipinski definition) is 0. The van der Waals surface area contributed by atoms with Gasteiger partial charge in [0, 0.05) is 20.0 Å². The molecule has 0 aromatic rings. The van der Waals surface area contributed by atoms with Crippen LogP contribution < -0.4 is 0 Å². The summed E-state index contributed by atoms with van der Waals surface area (Å²) in [6.45, 7) is 1.52. The first-order valence-corrected chi connectivity index (χ1v) is 5.15. The van der Waals surface area contributed by atoms with Gasteiger partial charge in [-0.25, -0.2) is 0 Å². The smallest absolute Gasteiger partial charge is 0.168 e. The molecule has 0 bridgehead atoms. The van der Waals surface area contributed by atoms with E-state index in [1.165, 1.54) is 0 Å². The van der Waals surface area contributed by atoms with Crippen LogP contribution in [0.15, 0.2) is 0 Å². The lowest BCUT2D eigenvalue weighted by Crippen LogP contribution is -2.29. The topological polar surface area (TPSA) is 27.7 Å². The average molecular weight is 186 g/mol. The van der Waals surface area contributed by atoms with Crippen molar-refractivity contribution in [2.75, 3.05) is 20.3 Å². The summed E-state index contributed by atoms with van der Waals surface area (Å²) in [6.07, 6.45) is 5.80. The highest BCUT2D eigenvalue weighted by Gasteiger charge is 2.38. The van der Waals surface area contributed by atoms with Crippen LogP contribution in [0.1, 0.15) is 32.1 Å². The molecule has 13 heavy (non-hydrogen) atoms. The van der Waals surface area contributed by atoms with Gasteiger partial charge >= 0.3 is 0 Å². The van der Waals surface area contributed by atoms with Crippen molar-refractivity contribution in [3.8, 4) is 0 Å². The third-order valence-electron chi connectivity index (χ3n) is 3.08. The van der Waals surface area contributed by atoms with Crippen molar-refractivity contribution >= 4 is 0 Å². The highest BCUT2D eigenvalue weighted by atomic mass is 16.7. The maximum absolute atomic E-state index is 5.68. The second kappa shape index (κ2) is 3.95. The van der Waals surface area contributed by atoms with Crippen LogP contribution in [0.5, 0.6) is 0 Å². The van der Waals surface area contributed by atoms with E-state index in [0.29, 0.717) is 6.10 Å². The Hall–Kier alpha value is -0.120. The Kier molecular flexibility index (Phi) is 2.86. The van der Waals surface area contributed by atoms with Crippen LogP contribution in [-0.2, 0) is 14.2 Å². The molecular formula is C10H18O3. The molecule has 0 radical (unpaired) electrons. The molecule has 2 rings (SSSR count). The molecular weight excluding hydrogens is 168 g/mol. The maximum atomic E-state index is 5.68. The van der Waals surface area contributed by atoms with E-state index in [2.05, 4.69) is 0 Å². The second-order valence-electron chi connectivity index (χ2n) is 3.90. The quantitative estimate of drug-likeness (QED) is 0.624. The zero-order chi connectivity index (χ0) is 9.15. The van der Waals surface area contributed by atoms with Crippen molar-refractivity contribution in [3.05, 3.63) is 0 Å². The summed E-state index contributed by atoms with van der Waals surface area (Å²) in [5.74, 6) is -0.243. The molecule has 2 aliphatic rings. The maximum Gasteiger partial charge on any atom is 0.168 e. The Bertz CT molecular complexity index is 164. The van der Waals surface area contributed by atoms with Crippen LogP contribution in [0.3, 0.4) is 0 Å². The Morgan fingerprint density at radius 1 is 1.15 bits per heavy atom. The van der Waals surface area contributed by atoms with Crippen LogP contribution in [0.25, 0.3) is 0 Å². The number of ether oxygens (including phenoxy) is 3. The fourth-order valence-electron chi connectivity index (χ4n) is 2.27. The molecule has 3 nitrogen and oxygen atoms in total. The third kappa shape index (κ3) is 2.03. The van der Waals surface area contributed by atoms with E-state index in [0.717, 1.165) is 45.3 Å².